The van der Waals surface area contributed by atoms with Crippen molar-refractivity contribution in [3.8, 4) is 22.4 Å². The molecular formula is C20H13ClN2. The fourth-order valence-electron chi connectivity index (χ4n) is 2.46. The molecule has 0 saturated carbocycles. The third-order valence-corrected chi connectivity index (χ3v) is 3.69. The number of nitrogens with zero attached hydrogens (tertiary/aromatic N) is 2. The molecule has 4 aromatic rings. The standard InChI is InChI=1S/C20H13ClN2/c21-20-22-18-9-5-4-8-17(18)19(23-20)16-12-10-15(11-13-16)14-6-2-1-3-7-14/h1-13H/i1D,2D,3D,6D,7D. The minimum absolute atomic E-state index is 0.142. The summed E-state index contributed by atoms with van der Waals surface area (Å²) < 4.78 is 39.6. The Morgan fingerprint density at radius 3 is 2.22 bits per heavy atom. The van der Waals surface area contributed by atoms with E-state index in [-0.39, 0.29) is 35.0 Å². The molecule has 110 valence electrons. The zero-order chi connectivity index (χ0) is 20.0. The maximum absolute atomic E-state index is 8.12. The Morgan fingerprint density at radius 1 is 0.739 bits per heavy atom. The smallest absolute Gasteiger partial charge is 0.218 e. The number of halogens is 1. The van der Waals surface area contributed by atoms with E-state index in [1.54, 1.807) is 24.3 Å². The van der Waals surface area contributed by atoms with E-state index < -0.39 is 6.04 Å². The maximum Gasteiger partial charge on any atom is 0.223 e. The summed E-state index contributed by atoms with van der Waals surface area (Å²) >= 11 is 6.06. The van der Waals surface area contributed by atoms with E-state index in [4.69, 9.17) is 18.5 Å². The molecule has 23 heavy (non-hydrogen) atoms. The second kappa shape index (κ2) is 5.82. The molecule has 0 aliphatic rings. The molecule has 3 aromatic carbocycles. The molecule has 3 heteroatoms. The van der Waals surface area contributed by atoms with Crippen molar-refractivity contribution in [1.29, 1.82) is 0 Å². The van der Waals surface area contributed by atoms with Crippen molar-refractivity contribution >= 4 is 22.5 Å². The number of hydrogen-bond acceptors (Lipinski definition) is 2. The van der Waals surface area contributed by atoms with Crippen LogP contribution >= 0.6 is 11.6 Å². The van der Waals surface area contributed by atoms with Gasteiger partial charge in [0.05, 0.1) is 18.1 Å². The molecule has 1 aromatic heterocycles. The minimum atomic E-state index is -0.405. The molecule has 0 N–H and O–H groups in total. The lowest BCUT2D eigenvalue weighted by Crippen LogP contribution is -1.91. The molecule has 0 radical (unpaired) electrons. The first kappa shape index (κ1) is 9.43. The third-order valence-electron chi connectivity index (χ3n) is 3.52. The van der Waals surface area contributed by atoms with E-state index in [0.717, 1.165) is 16.5 Å². The van der Waals surface area contributed by atoms with Crippen molar-refractivity contribution in [2.24, 2.45) is 0 Å². The van der Waals surface area contributed by atoms with E-state index in [1.165, 1.54) is 0 Å². The van der Waals surface area contributed by atoms with Gasteiger partial charge in [0, 0.05) is 10.9 Å². The van der Waals surface area contributed by atoms with Crippen LogP contribution in [0.2, 0.25) is 5.28 Å². The number of fused-ring (bicyclic) bond motifs is 1. The number of para-hydroxylation sites is 1. The zero-order valence-corrected chi connectivity index (χ0v) is 12.6. The van der Waals surface area contributed by atoms with Crippen LogP contribution in [0, 0.1) is 0 Å². The summed E-state index contributed by atoms with van der Waals surface area (Å²) in [6, 6.07) is 13.0. The summed E-state index contributed by atoms with van der Waals surface area (Å²) in [5, 5.41) is 0.992. The summed E-state index contributed by atoms with van der Waals surface area (Å²) in [7, 11) is 0. The number of benzene rings is 3. The zero-order valence-electron chi connectivity index (χ0n) is 16.9. The molecule has 0 fully saturated rings. The maximum atomic E-state index is 8.12. The predicted octanol–water partition coefficient (Wildman–Crippen LogP) is 5.62. The molecular weight excluding hydrogens is 304 g/mol. The number of rotatable bonds is 2. The van der Waals surface area contributed by atoms with Gasteiger partial charge in [0.2, 0.25) is 5.28 Å². The van der Waals surface area contributed by atoms with Crippen LogP contribution in [0.25, 0.3) is 33.3 Å². The van der Waals surface area contributed by atoms with Gasteiger partial charge in [-0.25, -0.2) is 9.97 Å². The fraction of sp³-hybridized carbons (Fsp3) is 0. The van der Waals surface area contributed by atoms with Crippen LogP contribution in [-0.4, -0.2) is 9.97 Å². The number of aromatic nitrogens is 2. The lowest BCUT2D eigenvalue weighted by molar-refractivity contribution is 1.22. The summed E-state index contributed by atoms with van der Waals surface area (Å²) in [5.74, 6) is 0. The SMILES string of the molecule is [2H]c1c([2H])c([2H])c(-c2ccc(-c3nc(Cl)nc4ccccc34)cc2)c([2H])c1[2H]. The van der Waals surface area contributed by atoms with Crippen molar-refractivity contribution in [3.63, 3.8) is 0 Å². The Hall–Kier alpha value is -2.71. The van der Waals surface area contributed by atoms with Crippen LogP contribution in [0.5, 0.6) is 0 Å². The van der Waals surface area contributed by atoms with Crippen LogP contribution in [-0.2, 0) is 0 Å². The van der Waals surface area contributed by atoms with Gasteiger partial charge in [-0.3, -0.25) is 0 Å². The van der Waals surface area contributed by atoms with Gasteiger partial charge in [-0.15, -0.1) is 0 Å². The molecule has 0 aliphatic carbocycles. The first-order chi connectivity index (χ1) is 13.4. The van der Waals surface area contributed by atoms with Crippen LogP contribution in [0.1, 0.15) is 6.85 Å². The van der Waals surface area contributed by atoms with Crippen LogP contribution in [0.3, 0.4) is 0 Å². The predicted molar refractivity (Wildman–Crippen MR) is 95.4 cm³/mol. The van der Waals surface area contributed by atoms with Crippen LogP contribution in [0.15, 0.2) is 78.7 Å². The van der Waals surface area contributed by atoms with Crippen molar-refractivity contribution in [1.82, 2.24) is 9.97 Å². The van der Waals surface area contributed by atoms with E-state index >= 15 is 0 Å². The normalized spacial score (nSPS) is 13.9. The first-order valence-electron chi connectivity index (χ1n) is 9.48. The summed E-state index contributed by atoms with van der Waals surface area (Å²) in [5.41, 5.74) is 2.89. The van der Waals surface area contributed by atoms with Crippen molar-refractivity contribution < 1.29 is 6.85 Å². The van der Waals surface area contributed by atoms with Gasteiger partial charge in [0.15, 0.2) is 0 Å². The molecule has 0 saturated heterocycles. The second-order valence-corrected chi connectivity index (χ2v) is 5.27. The molecule has 2 nitrogen and oxygen atoms in total. The highest BCUT2D eigenvalue weighted by Crippen LogP contribution is 2.29. The molecule has 1 heterocycles. The molecule has 0 spiro atoms. The van der Waals surface area contributed by atoms with E-state index in [9.17, 15) is 0 Å². The van der Waals surface area contributed by atoms with Crippen LogP contribution in [0.4, 0.5) is 0 Å². The quantitative estimate of drug-likeness (QED) is 0.448. The Balaban J connectivity index is 1.86. The Bertz CT molecular complexity index is 1200. The highest BCUT2D eigenvalue weighted by molar-refractivity contribution is 6.28. The van der Waals surface area contributed by atoms with E-state index in [1.807, 2.05) is 24.3 Å². The highest BCUT2D eigenvalue weighted by atomic mass is 35.5. The van der Waals surface area contributed by atoms with Gasteiger partial charge < -0.3 is 0 Å². The Morgan fingerprint density at radius 2 is 1.43 bits per heavy atom. The van der Waals surface area contributed by atoms with Gasteiger partial charge in [-0.2, -0.15) is 0 Å². The number of hydrogen-bond donors (Lipinski definition) is 0. The third kappa shape index (κ3) is 2.69. The molecule has 0 aliphatic heterocycles. The lowest BCUT2D eigenvalue weighted by Gasteiger charge is -2.07. The lowest BCUT2D eigenvalue weighted by atomic mass is 10.0. The summed E-state index contributed by atoms with van der Waals surface area (Å²) in [4.78, 5) is 8.57. The highest BCUT2D eigenvalue weighted by Gasteiger charge is 2.08. The van der Waals surface area contributed by atoms with Crippen molar-refractivity contribution in [3.05, 3.63) is 84.0 Å². The van der Waals surface area contributed by atoms with Gasteiger partial charge in [0.1, 0.15) is 0 Å². The average Bonchev–Trinajstić information content (AvgIpc) is 2.71. The minimum Gasteiger partial charge on any atom is -0.218 e. The van der Waals surface area contributed by atoms with Gasteiger partial charge in [0.25, 0.3) is 0 Å². The Labute approximate surface area is 146 Å². The van der Waals surface area contributed by atoms with E-state index in [0.29, 0.717) is 11.3 Å². The summed E-state index contributed by atoms with van der Waals surface area (Å²) in [6.45, 7) is 0. The molecule has 0 amide bonds. The Kier molecular flexibility index (Phi) is 2.39. The second-order valence-electron chi connectivity index (χ2n) is 4.94. The first-order valence-corrected chi connectivity index (χ1v) is 7.36. The molecule has 0 bridgehead atoms. The summed E-state index contributed by atoms with van der Waals surface area (Å²) in [6.07, 6.45) is 0. The fourth-order valence-corrected chi connectivity index (χ4v) is 2.63. The monoisotopic (exact) mass is 321 g/mol. The van der Waals surface area contributed by atoms with Crippen LogP contribution < -0.4 is 0 Å². The van der Waals surface area contributed by atoms with Crippen molar-refractivity contribution in [2.45, 2.75) is 0 Å². The molecule has 4 rings (SSSR count). The van der Waals surface area contributed by atoms with Gasteiger partial charge in [-0.1, -0.05) is 72.7 Å². The van der Waals surface area contributed by atoms with Gasteiger partial charge in [-0.05, 0) is 28.8 Å². The van der Waals surface area contributed by atoms with Gasteiger partial charge >= 0.3 is 0 Å². The average molecular weight is 322 g/mol. The topological polar surface area (TPSA) is 25.8 Å². The molecule has 0 unspecified atom stereocenters. The largest absolute Gasteiger partial charge is 0.223 e. The molecule has 0 atom stereocenters. The van der Waals surface area contributed by atoms with Crippen molar-refractivity contribution in [2.75, 3.05) is 0 Å². The van der Waals surface area contributed by atoms with E-state index in [2.05, 4.69) is 9.97 Å².